The number of benzene rings is 2. The van der Waals surface area contributed by atoms with Gasteiger partial charge in [-0.2, -0.15) is 0 Å². The fourth-order valence-corrected chi connectivity index (χ4v) is 3.43. The summed E-state index contributed by atoms with van der Waals surface area (Å²) in [7, 11) is 0. The molecule has 0 aromatic heterocycles. The molecule has 2 N–H and O–H groups in total. The van der Waals surface area contributed by atoms with Gasteiger partial charge in [0.15, 0.2) is 0 Å². The minimum absolute atomic E-state index is 0.0110. The largest absolute Gasteiger partial charge is 0.324 e. The second-order valence-corrected chi connectivity index (χ2v) is 6.70. The van der Waals surface area contributed by atoms with Crippen LogP contribution in [0.5, 0.6) is 0 Å². The first-order valence-corrected chi connectivity index (χ1v) is 8.74. The van der Waals surface area contributed by atoms with Gasteiger partial charge >= 0.3 is 0 Å². The molecule has 1 aliphatic heterocycles. The van der Waals surface area contributed by atoms with Gasteiger partial charge in [-0.05, 0) is 29.8 Å². The number of carbonyl (C=O) groups excluding carboxylic acids is 1. The Morgan fingerprint density at radius 2 is 2.04 bits per heavy atom. The molecule has 1 fully saturated rings. The Morgan fingerprint density at radius 3 is 2.80 bits per heavy atom. The maximum absolute atomic E-state index is 13.1. The van der Waals surface area contributed by atoms with E-state index in [9.17, 15) is 9.18 Å². The maximum Gasteiger partial charge on any atom is 0.238 e. The van der Waals surface area contributed by atoms with Gasteiger partial charge < -0.3 is 10.6 Å². The average Bonchev–Trinajstić information content (AvgIpc) is 2.59. The Balaban J connectivity index is 1.71. The second-order valence-electron chi connectivity index (χ2n) is 5.88. The Hall–Kier alpha value is -1.66. The fraction of sp³-hybridized carbons (Fsp3) is 0.278. The number of piperazine rings is 1. The third-order valence-corrected chi connectivity index (χ3v) is 4.83. The van der Waals surface area contributed by atoms with Crippen LogP contribution in [0.25, 0.3) is 0 Å². The van der Waals surface area contributed by atoms with E-state index in [2.05, 4.69) is 15.5 Å². The number of amides is 1. The zero-order valence-electron chi connectivity index (χ0n) is 13.4. The number of rotatable bonds is 4. The van der Waals surface area contributed by atoms with Crippen LogP contribution < -0.4 is 10.6 Å². The lowest BCUT2D eigenvalue weighted by Gasteiger charge is -2.36. The molecule has 2 aromatic rings. The Kier molecular flexibility index (Phi) is 5.91. The van der Waals surface area contributed by atoms with Gasteiger partial charge in [-0.1, -0.05) is 41.4 Å². The van der Waals surface area contributed by atoms with Gasteiger partial charge in [-0.25, -0.2) is 4.39 Å². The van der Waals surface area contributed by atoms with Gasteiger partial charge in [-0.15, -0.1) is 0 Å². The summed E-state index contributed by atoms with van der Waals surface area (Å²) in [5.74, 6) is -0.642. The van der Waals surface area contributed by atoms with Crippen molar-refractivity contribution in [3.63, 3.8) is 0 Å². The van der Waals surface area contributed by atoms with Crippen LogP contribution in [0.15, 0.2) is 42.5 Å². The van der Waals surface area contributed by atoms with Crippen molar-refractivity contribution in [2.24, 2.45) is 0 Å². The standard InChI is InChI=1S/C18H18Cl2FN3O/c19-14-4-2-1-3-13(14)17-10-22-7-8-24(17)11-18(25)23-16-6-5-12(21)9-15(16)20/h1-6,9,17,22H,7-8,10-11H2,(H,23,25). The van der Waals surface area contributed by atoms with Crippen LogP contribution in [0.1, 0.15) is 11.6 Å². The Morgan fingerprint density at radius 1 is 1.24 bits per heavy atom. The molecule has 4 nitrogen and oxygen atoms in total. The van der Waals surface area contributed by atoms with Crippen LogP contribution in [-0.2, 0) is 4.79 Å². The number of hydrogen-bond acceptors (Lipinski definition) is 3. The van der Waals surface area contributed by atoms with Crippen LogP contribution >= 0.6 is 23.2 Å². The Bertz CT molecular complexity index is 772. The molecule has 3 rings (SSSR count). The number of anilines is 1. The first-order valence-electron chi connectivity index (χ1n) is 7.98. The predicted octanol–water partition coefficient (Wildman–Crippen LogP) is 3.72. The monoisotopic (exact) mass is 381 g/mol. The van der Waals surface area contributed by atoms with Crippen LogP contribution in [0, 0.1) is 5.82 Å². The molecule has 0 aliphatic carbocycles. The summed E-state index contributed by atoms with van der Waals surface area (Å²) < 4.78 is 13.1. The van der Waals surface area contributed by atoms with Crippen LogP contribution in [0.3, 0.4) is 0 Å². The number of nitrogens with zero attached hydrogens (tertiary/aromatic N) is 1. The van der Waals surface area contributed by atoms with Crippen molar-refractivity contribution in [1.29, 1.82) is 0 Å². The molecule has 0 bridgehead atoms. The third kappa shape index (κ3) is 4.50. The van der Waals surface area contributed by atoms with E-state index in [4.69, 9.17) is 23.2 Å². The van der Waals surface area contributed by atoms with Gasteiger partial charge in [0.05, 0.1) is 17.3 Å². The molecule has 1 atom stereocenters. The van der Waals surface area contributed by atoms with E-state index in [1.165, 1.54) is 18.2 Å². The van der Waals surface area contributed by atoms with Crippen LogP contribution in [-0.4, -0.2) is 37.0 Å². The summed E-state index contributed by atoms with van der Waals surface area (Å²) in [4.78, 5) is 14.5. The lowest BCUT2D eigenvalue weighted by molar-refractivity contribution is -0.118. The number of nitrogens with one attached hydrogen (secondary N) is 2. The van der Waals surface area contributed by atoms with Crippen molar-refractivity contribution in [3.05, 3.63) is 63.9 Å². The minimum Gasteiger partial charge on any atom is -0.324 e. The van der Waals surface area contributed by atoms with Crippen molar-refractivity contribution < 1.29 is 9.18 Å². The first-order chi connectivity index (χ1) is 12.0. The van der Waals surface area contributed by atoms with E-state index in [1.54, 1.807) is 0 Å². The highest BCUT2D eigenvalue weighted by atomic mass is 35.5. The first kappa shape index (κ1) is 18.1. The van der Waals surface area contributed by atoms with Crippen molar-refractivity contribution in [1.82, 2.24) is 10.2 Å². The molecule has 1 amide bonds. The highest BCUT2D eigenvalue weighted by Gasteiger charge is 2.27. The normalized spacial score (nSPS) is 18.1. The summed E-state index contributed by atoms with van der Waals surface area (Å²) in [5.41, 5.74) is 1.39. The van der Waals surface area contributed by atoms with E-state index in [-0.39, 0.29) is 23.5 Å². The zero-order valence-corrected chi connectivity index (χ0v) is 14.9. The van der Waals surface area contributed by atoms with Crippen molar-refractivity contribution >= 4 is 34.8 Å². The molecule has 1 heterocycles. The zero-order chi connectivity index (χ0) is 17.8. The second kappa shape index (κ2) is 8.15. The van der Waals surface area contributed by atoms with Crippen molar-refractivity contribution in [2.45, 2.75) is 6.04 Å². The molecule has 1 saturated heterocycles. The lowest BCUT2D eigenvalue weighted by atomic mass is 10.0. The summed E-state index contributed by atoms with van der Waals surface area (Å²) in [5, 5.41) is 6.93. The Labute approximate surface area is 155 Å². The lowest BCUT2D eigenvalue weighted by Crippen LogP contribution is -2.48. The topological polar surface area (TPSA) is 44.4 Å². The number of hydrogen-bond donors (Lipinski definition) is 2. The van der Waals surface area contributed by atoms with Gasteiger partial charge in [0, 0.05) is 30.7 Å². The molecule has 132 valence electrons. The quantitative estimate of drug-likeness (QED) is 0.847. The van der Waals surface area contributed by atoms with Gasteiger partial charge in [0.25, 0.3) is 0 Å². The van der Waals surface area contributed by atoms with Crippen molar-refractivity contribution in [3.8, 4) is 0 Å². The van der Waals surface area contributed by atoms with Crippen LogP contribution in [0.4, 0.5) is 10.1 Å². The molecule has 0 saturated carbocycles. The highest BCUT2D eigenvalue weighted by Crippen LogP contribution is 2.28. The van der Waals surface area contributed by atoms with E-state index >= 15 is 0 Å². The molecular weight excluding hydrogens is 364 g/mol. The molecule has 0 radical (unpaired) electrons. The summed E-state index contributed by atoms with van der Waals surface area (Å²) >= 11 is 12.3. The van der Waals surface area contributed by atoms with Crippen molar-refractivity contribution in [2.75, 3.05) is 31.5 Å². The summed E-state index contributed by atoms with van der Waals surface area (Å²) in [6.07, 6.45) is 0. The molecule has 2 aromatic carbocycles. The maximum atomic E-state index is 13.1. The fourth-order valence-electron chi connectivity index (χ4n) is 2.95. The molecule has 1 aliphatic rings. The molecular formula is C18H18Cl2FN3O. The van der Waals surface area contributed by atoms with Gasteiger partial charge in [0.2, 0.25) is 5.91 Å². The SMILES string of the molecule is O=C(CN1CCNCC1c1ccccc1Cl)Nc1ccc(F)cc1Cl. The van der Waals surface area contributed by atoms with E-state index < -0.39 is 5.82 Å². The molecule has 0 spiro atoms. The predicted molar refractivity (Wildman–Crippen MR) is 98.7 cm³/mol. The van der Waals surface area contributed by atoms with Crippen LogP contribution in [0.2, 0.25) is 10.0 Å². The third-order valence-electron chi connectivity index (χ3n) is 4.17. The van der Waals surface area contributed by atoms with E-state index in [0.717, 1.165) is 18.7 Å². The molecule has 7 heteroatoms. The number of carbonyl (C=O) groups is 1. The average molecular weight is 382 g/mol. The smallest absolute Gasteiger partial charge is 0.238 e. The van der Waals surface area contributed by atoms with Gasteiger partial charge in [-0.3, -0.25) is 9.69 Å². The van der Waals surface area contributed by atoms with E-state index in [1.807, 2.05) is 24.3 Å². The molecule has 1 unspecified atom stereocenters. The van der Waals surface area contributed by atoms with E-state index in [0.29, 0.717) is 17.3 Å². The summed E-state index contributed by atoms with van der Waals surface area (Å²) in [6.45, 7) is 2.44. The summed E-state index contributed by atoms with van der Waals surface area (Å²) in [6, 6.07) is 11.6. The number of halogens is 3. The highest BCUT2D eigenvalue weighted by molar-refractivity contribution is 6.33. The molecule has 25 heavy (non-hydrogen) atoms. The van der Waals surface area contributed by atoms with Gasteiger partial charge in [0.1, 0.15) is 5.82 Å². The minimum atomic E-state index is -0.441.